The predicted octanol–water partition coefficient (Wildman–Crippen LogP) is 3.63. The lowest BCUT2D eigenvalue weighted by Crippen LogP contribution is -2.05. The zero-order valence-electron chi connectivity index (χ0n) is 13.4. The van der Waals surface area contributed by atoms with Crippen molar-refractivity contribution in [2.75, 3.05) is 13.2 Å². The lowest BCUT2D eigenvalue weighted by molar-refractivity contribution is 0.0528. The molecule has 124 valence electrons. The number of carbonyl (C=O) groups is 1. The van der Waals surface area contributed by atoms with E-state index in [1.54, 1.807) is 23.7 Å². The van der Waals surface area contributed by atoms with Crippen LogP contribution in [0, 0.1) is 4.64 Å². The number of benzene rings is 1. The number of nitrogens with zero attached hydrogens (tertiary/aromatic N) is 2. The molecule has 24 heavy (non-hydrogen) atoms. The summed E-state index contributed by atoms with van der Waals surface area (Å²) in [7, 11) is 0. The first-order chi connectivity index (χ1) is 11.6. The Balaban J connectivity index is 2.07. The van der Waals surface area contributed by atoms with Crippen LogP contribution in [0.4, 0.5) is 0 Å². The molecule has 1 aromatic carbocycles. The molecule has 0 bridgehead atoms. The van der Waals surface area contributed by atoms with Crippen LogP contribution in [0.1, 0.15) is 24.2 Å². The third kappa shape index (κ3) is 3.03. The first kappa shape index (κ1) is 16.2. The average Bonchev–Trinajstić information content (AvgIpc) is 3.01. The smallest absolute Gasteiger partial charge is 0.343 e. The molecule has 0 amide bonds. The van der Waals surface area contributed by atoms with Gasteiger partial charge in [0.1, 0.15) is 16.0 Å². The number of H-pyrrole nitrogens is 1. The molecule has 0 unspecified atom stereocenters. The topological polar surface area (TPSA) is 68.6 Å². The summed E-state index contributed by atoms with van der Waals surface area (Å²) in [6.45, 7) is 4.61. The molecule has 1 N–H and O–H groups in total. The monoisotopic (exact) mass is 343 g/mol. The van der Waals surface area contributed by atoms with E-state index in [1.165, 1.54) is 0 Å². The first-order valence-corrected chi connectivity index (χ1v) is 8.06. The van der Waals surface area contributed by atoms with E-state index in [4.69, 9.17) is 21.7 Å². The molecule has 2 heterocycles. The Hall–Kier alpha value is -2.67. The molecule has 7 heteroatoms. The maximum absolute atomic E-state index is 12.0. The summed E-state index contributed by atoms with van der Waals surface area (Å²) < 4.78 is 12.6. The maximum atomic E-state index is 12.0. The summed E-state index contributed by atoms with van der Waals surface area (Å²) in [6.07, 6.45) is 1.55. The van der Waals surface area contributed by atoms with Crippen molar-refractivity contribution in [2.24, 2.45) is 0 Å². The van der Waals surface area contributed by atoms with Crippen LogP contribution < -0.4 is 4.74 Å². The van der Waals surface area contributed by atoms with E-state index < -0.39 is 5.97 Å². The predicted molar refractivity (Wildman–Crippen MR) is 92.9 cm³/mol. The van der Waals surface area contributed by atoms with Gasteiger partial charge in [0.25, 0.3) is 0 Å². The molecule has 0 fully saturated rings. The van der Waals surface area contributed by atoms with Crippen molar-refractivity contribution in [1.29, 1.82) is 0 Å². The molecule has 0 aliphatic rings. The van der Waals surface area contributed by atoms with Crippen LogP contribution in [0.3, 0.4) is 0 Å². The Morgan fingerprint density at radius 3 is 2.67 bits per heavy atom. The quantitative estimate of drug-likeness (QED) is 0.566. The fraction of sp³-hybridized carbons (Fsp3) is 0.235. The Labute approximate surface area is 144 Å². The minimum atomic E-state index is -0.429. The first-order valence-electron chi connectivity index (χ1n) is 7.65. The number of hydrogen-bond acceptors (Lipinski definition) is 5. The fourth-order valence-electron chi connectivity index (χ4n) is 2.38. The van der Waals surface area contributed by atoms with Crippen molar-refractivity contribution < 1.29 is 14.3 Å². The van der Waals surface area contributed by atoms with E-state index in [0.29, 0.717) is 34.8 Å². The summed E-state index contributed by atoms with van der Waals surface area (Å²) in [5.41, 5.74) is 2.39. The summed E-state index contributed by atoms with van der Waals surface area (Å²) in [6, 6.07) is 9.36. The minimum Gasteiger partial charge on any atom is -0.494 e. The van der Waals surface area contributed by atoms with Crippen molar-refractivity contribution in [1.82, 2.24) is 14.6 Å². The van der Waals surface area contributed by atoms with E-state index in [9.17, 15) is 4.79 Å². The largest absolute Gasteiger partial charge is 0.494 e. The van der Waals surface area contributed by atoms with E-state index >= 15 is 0 Å². The second-order valence-electron chi connectivity index (χ2n) is 5.00. The van der Waals surface area contributed by atoms with Crippen LogP contribution in [0.15, 0.2) is 36.5 Å². The molecule has 0 atom stereocenters. The van der Waals surface area contributed by atoms with Gasteiger partial charge in [-0.2, -0.15) is 0 Å². The number of hydrogen-bond donors (Lipinski definition) is 1. The Morgan fingerprint density at radius 1 is 1.25 bits per heavy atom. The highest BCUT2D eigenvalue weighted by atomic mass is 32.1. The van der Waals surface area contributed by atoms with Gasteiger partial charge in [0.15, 0.2) is 5.65 Å². The number of aromatic nitrogens is 3. The molecule has 2 aromatic heterocycles. The van der Waals surface area contributed by atoms with Crippen molar-refractivity contribution in [3.8, 4) is 17.0 Å². The lowest BCUT2D eigenvalue weighted by Gasteiger charge is -2.06. The van der Waals surface area contributed by atoms with Gasteiger partial charge in [0, 0.05) is 17.8 Å². The number of aromatic amines is 1. The third-order valence-electron chi connectivity index (χ3n) is 3.45. The minimum absolute atomic E-state index is 0.301. The third-order valence-corrected chi connectivity index (χ3v) is 3.75. The van der Waals surface area contributed by atoms with E-state index in [0.717, 1.165) is 11.3 Å². The summed E-state index contributed by atoms with van der Waals surface area (Å²) in [4.78, 5) is 16.6. The lowest BCUT2D eigenvalue weighted by atomic mass is 10.1. The second kappa shape index (κ2) is 6.84. The van der Waals surface area contributed by atoms with Gasteiger partial charge >= 0.3 is 5.97 Å². The van der Waals surface area contributed by atoms with Gasteiger partial charge in [-0.1, -0.05) is 12.2 Å². The molecular formula is C17H17N3O3S. The van der Waals surface area contributed by atoms with E-state index in [-0.39, 0.29) is 0 Å². The van der Waals surface area contributed by atoms with Crippen LogP contribution in [0.5, 0.6) is 5.75 Å². The molecule has 0 spiro atoms. The van der Waals surface area contributed by atoms with Gasteiger partial charge in [-0.25, -0.2) is 14.3 Å². The molecule has 0 aliphatic heterocycles. The Kier molecular flexibility index (Phi) is 4.61. The second-order valence-corrected chi connectivity index (χ2v) is 5.42. The molecular weight excluding hydrogens is 326 g/mol. The fourth-order valence-corrected chi connectivity index (χ4v) is 2.63. The van der Waals surface area contributed by atoms with Crippen LogP contribution >= 0.6 is 12.2 Å². The molecule has 6 nitrogen and oxygen atoms in total. The number of nitrogens with one attached hydrogen (secondary N) is 1. The van der Waals surface area contributed by atoms with Gasteiger partial charge in [-0.05, 0) is 38.1 Å². The number of esters is 1. The van der Waals surface area contributed by atoms with E-state index in [2.05, 4.69) is 10.1 Å². The van der Waals surface area contributed by atoms with Crippen molar-refractivity contribution in [3.63, 3.8) is 0 Å². The zero-order chi connectivity index (χ0) is 17.1. The zero-order valence-corrected chi connectivity index (χ0v) is 14.2. The molecule has 3 aromatic rings. The average molecular weight is 343 g/mol. The van der Waals surface area contributed by atoms with Gasteiger partial charge in [0.2, 0.25) is 0 Å². The molecule has 0 saturated heterocycles. The van der Waals surface area contributed by atoms with Crippen molar-refractivity contribution in [3.05, 3.63) is 46.7 Å². The van der Waals surface area contributed by atoms with Crippen LogP contribution in [-0.2, 0) is 4.74 Å². The highest BCUT2D eigenvalue weighted by molar-refractivity contribution is 7.71. The Morgan fingerprint density at radius 2 is 2.00 bits per heavy atom. The van der Waals surface area contributed by atoms with Gasteiger partial charge in [-0.15, -0.1) is 0 Å². The Bertz CT molecular complexity index is 928. The maximum Gasteiger partial charge on any atom is 0.343 e. The van der Waals surface area contributed by atoms with Crippen LogP contribution in [0.2, 0.25) is 0 Å². The SMILES string of the molecule is CCOC(=O)c1c[nH]n2c(=S)cc(-c3ccc(OCC)cc3)nc12. The number of carbonyl (C=O) groups excluding carboxylic acids is 1. The van der Waals surface area contributed by atoms with Gasteiger partial charge < -0.3 is 9.47 Å². The van der Waals surface area contributed by atoms with Crippen LogP contribution in [0.25, 0.3) is 16.9 Å². The van der Waals surface area contributed by atoms with Crippen LogP contribution in [-0.4, -0.2) is 33.8 Å². The summed E-state index contributed by atoms with van der Waals surface area (Å²) >= 11 is 5.39. The van der Waals surface area contributed by atoms with Crippen molar-refractivity contribution in [2.45, 2.75) is 13.8 Å². The molecule has 0 aliphatic carbocycles. The molecule has 0 radical (unpaired) electrons. The molecule has 3 rings (SSSR count). The standard InChI is InChI=1S/C17H17N3O3S/c1-3-22-12-7-5-11(6-8-12)14-9-15(24)20-16(19-14)13(10-18-20)17(21)23-4-2/h5-10,18H,3-4H2,1-2H3. The van der Waals surface area contributed by atoms with E-state index in [1.807, 2.05) is 31.2 Å². The number of rotatable bonds is 5. The molecule has 0 saturated carbocycles. The van der Waals surface area contributed by atoms with Crippen molar-refractivity contribution >= 4 is 23.8 Å². The highest BCUT2D eigenvalue weighted by Crippen LogP contribution is 2.23. The number of fused-ring (bicyclic) bond motifs is 1. The highest BCUT2D eigenvalue weighted by Gasteiger charge is 2.16. The van der Waals surface area contributed by atoms with Gasteiger partial charge in [0.05, 0.1) is 18.9 Å². The normalized spacial score (nSPS) is 10.8. The summed E-state index contributed by atoms with van der Waals surface area (Å²) in [5.74, 6) is 0.367. The van der Waals surface area contributed by atoms with Gasteiger partial charge in [-0.3, -0.25) is 5.10 Å². The number of ether oxygens (including phenoxy) is 2. The summed E-state index contributed by atoms with van der Waals surface area (Å²) in [5, 5.41) is 2.93.